The minimum Gasteiger partial charge on any atom is -0.396 e. The van der Waals surface area contributed by atoms with Crippen molar-refractivity contribution in [2.24, 2.45) is 5.92 Å². The van der Waals surface area contributed by atoms with Crippen molar-refractivity contribution in [1.29, 1.82) is 0 Å². The van der Waals surface area contributed by atoms with Gasteiger partial charge < -0.3 is 10.6 Å². The van der Waals surface area contributed by atoms with E-state index >= 15 is 0 Å². The van der Waals surface area contributed by atoms with Crippen molar-refractivity contribution in [2.45, 2.75) is 37.6 Å². The molecule has 5 heteroatoms. The standard InChI is InChI=1S/C14H22N2O2S/c1-10-7-8-11(2)16(9-10)12-5-4-6-13(14(12)15)19(3,17)18/h4-6,10-11H,7-9,15H2,1-3H3. The summed E-state index contributed by atoms with van der Waals surface area (Å²) in [6, 6.07) is 5.66. The van der Waals surface area contributed by atoms with Crippen molar-refractivity contribution in [3.8, 4) is 0 Å². The van der Waals surface area contributed by atoms with Gasteiger partial charge in [0, 0.05) is 18.8 Å². The monoisotopic (exact) mass is 282 g/mol. The lowest BCUT2D eigenvalue weighted by atomic mass is 9.94. The van der Waals surface area contributed by atoms with Crippen LogP contribution in [0.25, 0.3) is 0 Å². The van der Waals surface area contributed by atoms with Crippen molar-refractivity contribution in [3.05, 3.63) is 18.2 Å². The summed E-state index contributed by atoms with van der Waals surface area (Å²) in [6.07, 6.45) is 3.53. The van der Waals surface area contributed by atoms with Gasteiger partial charge >= 0.3 is 0 Å². The molecule has 2 rings (SSSR count). The molecule has 1 aliphatic rings. The summed E-state index contributed by atoms with van der Waals surface area (Å²) in [4.78, 5) is 2.47. The third-order valence-corrected chi connectivity index (χ3v) is 5.02. The summed E-state index contributed by atoms with van der Waals surface area (Å²) >= 11 is 0. The van der Waals surface area contributed by atoms with Gasteiger partial charge in [0.1, 0.15) is 0 Å². The van der Waals surface area contributed by atoms with E-state index in [2.05, 4.69) is 18.7 Å². The Kier molecular flexibility index (Phi) is 3.76. The van der Waals surface area contributed by atoms with Gasteiger partial charge in [-0.2, -0.15) is 0 Å². The number of nitrogens with zero attached hydrogens (tertiary/aromatic N) is 1. The molecule has 0 aromatic heterocycles. The molecule has 19 heavy (non-hydrogen) atoms. The predicted octanol–water partition coefficient (Wildman–Crippen LogP) is 2.30. The maximum atomic E-state index is 11.7. The lowest BCUT2D eigenvalue weighted by Crippen LogP contribution is -2.41. The first-order valence-electron chi connectivity index (χ1n) is 6.66. The molecule has 2 N–H and O–H groups in total. The molecule has 1 aromatic carbocycles. The lowest BCUT2D eigenvalue weighted by Gasteiger charge is -2.39. The minimum atomic E-state index is -3.28. The Morgan fingerprint density at radius 1 is 1.26 bits per heavy atom. The largest absolute Gasteiger partial charge is 0.396 e. The molecule has 2 unspecified atom stereocenters. The number of sulfone groups is 1. The molecule has 1 aliphatic heterocycles. The van der Waals surface area contributed by atoms with Crippen LogP contribution in [0.3, 0.4) is 0 Å². The lowest BCUT2D eigenvalue weighted by molar-refractivity contribution is 0.390. The van der Waals surface area contributed by atoms with Gasteiger partial charge in [-0.05, 0) is 37.8 Å². The topological polar surface area (TPSA) is 63.4 Å². The van der Waals surface area contributed by atoms with Gasteiger partial charge in [0.15, 0.2) is 9.84 Å². The molecule has 1 aromatic rings. The number of para-hydroxylation sites is 1. The summed E-state index contributed by atoms with van der Waals surface area (Å²) in [6.45, 7) is 5.31. The first-order chi connectivity index (χ1) is 8.80. The Hall–Kier alpha value is -1.23. The Morgan fingerprint density at radius 2 is 1.95 bits per heavy atom. The van der Waals surface area contributed by atoms with Crippen molar-refractivity contribution in [3.63, 3.8) is 0 Å². The molecule has 0 saturated carbocycles. The highest BCUT2D eigenvalue weighted by Gasteiger charge is 2.26. The average molecular weight is 282 g/mol. The number of piperidine rings is 1. The smallest absolute Gasteiger partial charge is 0.177 e. The van der Waals surface area contributed by atoms with E-state index < -0.39 is 9.84 Å². The van der Waals surface area contributed by atoms with E-state index in [9.17, 15) is 8.42 Å². The van der Waals surface area contributed by atoms with E-state index in [1.807, 2.05) is 6.07 Å². The van der Waals surface area contributed by atoms with Gasteiger partial charge in [-0.15, -0.1) is 0 Å². The number of nitrogens with two attached hydrogens (primary N) is 1. The third kappa shape index (κ3) is 2.86. The first-order valence-corrected chi connectivity index (χ1v) is 8.55. The van der Waals surface area contributed by atoms with Gasteiger partial charge in [0.05, 0.1) is 16.3 Å². The van der Waals surface area contributed by atoms with E-state index in [4.69, 9.17) is 5.73 Å². The van der Waals surface area contributed by atoms with Crippen LogP contribution in [0.5, 0.6) is 0 Å². The molecule has 1 fully saturated rings. The van der Waals surface area contributed by atoms with E-state index in [0.29, 0.717) is 17.6 Å². The molecule has 2 atom stereocenters. The predicted molar refractivity (Wildman–Crippen MR) is 79.2 cm³/mol. The third-order valence-electron chi connectivity index (χ3n) is 3.87. The molecular formula is C14H22N2O2S. The fraction of sp³-hybridized carbons (Fsp3) is 0.571. The van der Waals surface area contributed by atoms with Crippen LogP contribution in [-0.4, -0.2) is 27.3 Å². The van der Waals surface area contributed by atoms with Gasteiger partial charge in [0.25, 0.3) is 0 Å². The zero-order chi connectivity index (χ0) is 14.2. The molecule has 0 bridgehead atoms. The van der Waals surface area contributed by atoms with Gasteiger partial charge in [0.2, 0.25) is 0 Å². The van der Waals surface area contributed by atoms with Crippen LogP contribution in [0.4, 0.5) is 11.4 Å². The maximum Gasteiger partial charge on any atom is 0.177 e. The minimum absolute atomic E-state index is 0.232. The zero-order valence-corrected chi connectivity index (χ0v) is 12.6. The molecule has 4 nitrogen and oxygen atoms in total. The van der Waals surface area contributed by atoms with Gasteiger partial charge in [-0.3, -0.25) is 0 Å². The quantitative estimate of drug-likeness (QED) is 0.845. The Bertz CT molecular complexity index is 569. The van der Waals surface area contributed by atoms with Crippen LogP contribution < -0.4 is 10.6 Å². The fourth-order valence-corrected chi connectivity index (χ4v) is 3.56. The molecule has 0 aliphatic carbocycles. The molecule has 0 amide bonds. The van der Waals surface area contributed by atoms with Gasteiger partial charge in [-0.1, -0.05) is 13.0 Å². The van der Waals surface area contributed by atoms with E-state index in [1.165, 1.54) is 12.7 Å². The van der Waals surface area contributed by atoms with Crippen molar-refractivity contribution in [1.82, 2.24) is 0 Å². The number of benzene rings is 1. The molecule has 0 spiro atoms. The summed E-state index contributed by atoms with van der Waals surface area (Å²) < 4.78 is 23.5. The highest BCUT2D eigenvalue weighted by Crippen LogP contribution is 2.34. The van der Waals surface area contributed by atoms with Crippen LogP contribution >= 0.6 is 0 Å². The molecule has 1 heterocycles. The van der Waals surface area contributed by atoms with Crippen molar-refractivity contribution < 1.29 is 8.42 Å². The average Bonchev–Trinajstić information content (AvgIpc) is 2.31. The highest BCUT2D eigenvalue weighted by molar-refractivity contribution is 7.90. The normalized spacial score (nSPS) is 24.5. The maximum absolute atomic E-state index is 11.7. The van der Waals surface area contributed by atoms with Crippen molar-refractivity contribution in [2.75, 3.05) is 23.4 Å². The van der Waals surface area contributed by atoms with E-state index in [1.54, 1.807) is 12.1 Å². The zero-order valence-electron chi connectivity index (χ0n) is 11.8. The number of hydrogen-bond donors (Lipinski definition) is 1. The summed E-state index contributed by atoms with van der Waals surface area (Å²) in [5, 5.41) is 0. The van der Waals surface area contributed by atoms with Gasteiger partial charge in [-0.25, -0.2) is 8.42 Å². The molecular weight excluding hydrogens is 260 g/mol. The summed E-state index contributed by atoms with van der Waals surface area (Å²) in [7, 11) is -3.28. The van der Waals surface area contributed by atoms with Crippen LogP contribution in [0, 0.1) is 5.92 Å². The van der Waals surface area contributed by atoms with Crippen LogP contribution in [-0.2, 0) is 9.84 Å². The number of rotatable bonds is 2. The number of hydrogen-bond acceptors (Lipinski definition) is 4. The summed E-state index contributed by atoms with van der Waals surface area (Å²) in [5.74, 6) is 0.609. The van der Waals surface area contributed by atoms with Crippen LogP contribution in [0.2, 0.25) is 0 Å². The van der Waals surface area contributed by atoms with Crippen molar-refractivity contribution >= 4 is 21.2 Å². The number of anilines is 2. The SMILES string of the molecule is CC1CCC(C)N(c2cccc(S(C)(=O)=O)c2N)C1. The van der Waals surface area contributed by atoms with Crippen LogP contribution in [0.1, 0.15) is 26.7 Å². The molecule has 106 valence electrons. The Labute approximate surface area is 115 Å². The molecule has 1 saturated heterocycles. The first kappa shape index (κ1) is 14.2. The summed E-state index contributed by atoms with van der Waals surface area (Å²) in [5.41, 5.74) is 7.32. The second-order valence-corrected chi connectivity index (χ2v) is 7.63. The van der Waals surface area contributed by atoms with Crippen LogP contribution in [0.15, 0.2) is 23.1 Å². The highest BCUT2D eigenvalue weighted by atomic mass is 32.2. The number of nitrogen functional groups attached to an aromatic ring is 1. The fourth-order valence-electron chi connectivity index (χ4n) is 2.73. The molecule has 0 radical (unpaired) electrons. The van der Waals surface area contributed by atoms with E-state index in [0.717, 1.165) is 18.7 Å². The Balaban J connectivity index is 2.45. The van der Waals surface area contributed by atoms with E-state index in [-0.39, 0.29) is 4.90 Å². The Morgan fingerprint density at radius 3 is 2.58 bits per heavy atom. The second kappa shape index (κ2) is 5.04. The second-order valence-electron chi connectivity index (χ2n) is 5.65.